The van der Waals surface area contributed by atoms with Gasteiger partial charge < -0.3 is 10.4 Å². The molecular formula is C14H12N2O4S2. The van der Waals surface area contributed by atoms with E-state index in [9.17, 15) is 14.4 Å². The molecule has 0 atom stereocenters. The molecule has 1 aromatic rings. The van der Waals surface area contributed by atoms with Gasteiger partial charge in [-0.3, -0.25) is 19.3 Å². The predicted molar refractivity (Wildman–Crippen MR) is 88.3 cm³/mol. The van der Waals surface area contributed by atoms with Gasteiger partial charge in [0.2, 0.25) is 5.91 Å². The molecule has 1 aliphatic rings. The molecule has 0 radical (unpaired) electrons. The summed E-state index contributed by atoms with van der Waals surface area (Å²) in [6, 6.07) is 6.92. The molecule has 2 amide bonds. The van der Waals surface area contributed by atoms with Crippen molar-refractivity contribution in [3.63, 3.8) is 0 Å². The SMILES string of the molecule is CC(=O)Nc1ccc(/C=C2\SC(=S)N(CC(=O)O)C2=O)cc1. The number of aliphatic carboxylic acids is 1. The van der Waals surface area contributed by atoms with Gasteiger partial charge in [0.05, 0.1) is 4.91 Å². The van der Waals surface area contributed by atoms with Crippen molar-refractivity contribution in [3.05, 3.63) is 34.7 Å². The lowest BCUT2D eigenvalue weighted by Crippen LogP contribution is -2.33. The van der Waals surface area contributed by atoms with Gasteiger partial charge in [0.15, 0.2) is 0 Å². The Balaban J connectivity index is 2.16. The third-order valence-corrected chi connectivity index (χ3v) is 4.07. The van der Waals surface area contributed by atoms with Crippen LogP contribution in [0.15, 0.2) is 29.2 Å². The van der Waals surface area contributed by atoms with E-state index in [0.717, 1.165) is 22.2 Å². The second-order valence-electron chi connectivity index (χ2n) is 4.46. The van der Waals surface area contributed by atoms with Crippen molar-refractivity contribution in [2.75, 3.05) is 11.9 Å². The number of carboxylic acids is 1. The van der Waals surface area contributed by atoms with Crippen LogP contribution in [-0.4, -0.2) is 38.7 Å². The molecule has 0 aliphatic carbocycles. The Labute approximate surface area is 136 Å². The van der Waals surface area contributed by atoms with E-state index >= 15 is 0 Å². The highest BCUT2D eigenvalue weighted by Crippen LogP contribution is 2.32. The molecule has 8 heteroatoms. The van der Waals surface area contributed by atoms with E-state index in [-0.39, 0.29) is 10.2 Å². The average molecular weight is 336 g/mol. The number of hydrogen-bond acceptors (Lipinski definition) is 5. The zero-order valence-corrected chi connectivity index (χ0v) is 13.2. The zero-order chi connectivity index (χ0) is 16.3. The summed E-state index contributed by atoms with van der Waals surface area (Å²) in [5, 5.41) is 11.4. The Morgan fingerprint density at radius 2 is 2.00 bits per heavy atom. The summed E-state index contributed by atoms with van der Waals surface area (Å²) in [4.78, 5) is 35.2. The van der Waals surface area contributed by atoms with Gasteiger partial charge in [-0.15, -0.1) is 0 Å². The predicted octanol–water partition coefficient (Wildman–Crippen LogP) is 1.93. The number of thiocarbonyl (C=S) groups is 1. The molecule has 2 rings (SSSR count). The second-order valence-corrected chi connectivity index (χ2v) is 6.14. The average Bonchev–Trinajstić information content (AvgIpc) is 2.68. The Bertz CT molecular complexity index is 683. The topological polar surface area (TPSA) is 86.7 Å². The van der Waals surface area contributed by atoms with Gasteiger partial charge >= 0.3 is 5.97 Å². The fourth-order valence-corrected chi connectivity index (χ4v) is 3.04. The Hall–Kier alpha value is -2.19. The van der Waals surface area contributed by atoms with E-state index < -0.39 is 18.4 Å². The van der Waals surface area contributed by atoms with Gasteiger partial charge in [0, 0.05) is 12.6 Å². The molecular weight excluding hydrogens is 324 g/mol. The Morgan fingerprint density at radius 3 is 2.55 bits per heavy atom. The number of hydrogen-bond donors (Lipinski definition) is 2. The van der Waals surface area contributed by atoms with Crippen LogP contribution in [0.5, 0.6) is 0 Å². The summed E-state index contributed by atoms with van der Waals surface area (Å²) in [5.41, 5.74) is 1.41. The van der Waals surface area contributed by atoms with Crippen LogP contribution in [0.3, 0.4) is 0 Å². The lowest BCUT2D eigenvalue weighted by molar-refractivity contribution is -0.140. The Morgan fingerprint density at radius 1 is 1.36 bits per heavy atom. The number of nitrogens with zero attached hydrogens (tertiary/aromatic N) is 1. The lowest BCUT2D eigenvalue weighted by Gasteiger charge is -2.10. The normalized spacial score (nSPS) is 16.2. The maximum atomic E-state index is 12.1. The van der Waals surface area contributed by atoms with Crippen LogP contribution in [0, 0.1) is 0 Å². The van der Waals surface area contributed by atoms with Crippen molar-refractivity contribution in [3.8, 4) is 0 Å². The molecule has 6 nitrogen and oxygen atoms in total. The van der Waals surface area contributed by atoms with Gasteiger partial charge in [0.25, 0.3) is 5.91 Å². The summed E-state index contributed by atoms with van der Waals surface area (Å²) in [6.45, 7) is 0.977. The molecule has 2 N–H and O–H groups in total. The van der Waals surface area contributed by atoms with Crippen molar-refractivity contribution in [2.45, 2.75) is 6.92 Å². The van der Waals surface area contributed by atoms with Crippen molar-refractivity contribution in [1.82, 2.24) is 4.90 Å². The van der Waals surface area contributed by atoms with Crippen molar-refractivity contribution < 1.29 is 19.5 Å². The van der Waals surface area contributed by atoms with Crippen molar-refractivity contribution >= 4 is 57.8 Å². The van der Waals surface area contributed by atoms with Crippen LogP contribution in [0.2, 0.25) is 0 Å². The molecule has 1 saturated heterocycles. The van der Waals surface area contributed by atoms with E-state index in [2.05, 4.69) is 5.32 Å². The van der Waals surface area contributed by atoms with Crippen molar-refractivity contribution in [1.29, 1.82) is 0 Å². The molecule has 0 aromatic heterocycles. The number of carboxylic acid groups (broad SMARTS) is 1. The van der Waals surface area contributed by atoms with E-state index in [4.69, 9.17) is 17.3 Å². The minimum atomic E-state index is -1.11. The monoisotopic (exact) mass is 336 g/mol. The molecule has 0 bridgehead atoms. The number of benzene rings is 1. The van der Waals surface area contributed by atoms with Gasteiger partial charge in [-0.05, 0) is 23.8 Å². The molecule has 114 valence electrons. The number of carbonyl (C=O) groups is 3. The van der Waals surface area contributed by atoms with Crippen LogP contribution >= 0.6 is 24.0 Å². The zero-order valence-electron chi connectivity index (χ0n) is 11.5. The number of nitrogens with one attached hydrogen (secondary N) is 1. The molecule has 1 fully saturated rings. The lowest BCUT2D eigenvalue weighted by atomic mass is 10.2. The van der Waals surface area contributed by atoms with Crippen LogP contribution in [0.1, 0.15) is 12.5 Å². The number of amides is 2. The summed E-state index contributed by atoms with van der Waals surface area (Å²) < 4.78 is 0.230. The number of rotatable bonds is 4. The first-order valence-electron chi connectivity index (χ1n) is 6.21. The maximum Gasteiger partial charge on any atom is 0.323 e. The third kappa shape index (κ3) is 3.92. The molecule has 1 aromatic carbocycles. The minimum absolute atomic E-state index is 0.165. The third-order valence-electron chi connectivity index (χ3n) is 2.70. The number of anilines is 1. The largest absolute Gasteiger partial charge is 0.480 e. The van der Waals surface area contributed by atoms with Gasteiger partial charge in [-0.25, -0.2) is 0 Å². The fraction of sp³-hybridized carbons (Fsp3) is 0.143. The summed E-state index contributed by atoms with van der Waals surface area (Å²) in [6.07, 6.45) is 1.64. The highest BCUT2D eigenvalue weighted by atomic mass is 32.2. The quantitative estimate of drug-likeness (QED) is 0.645. The summed E-state index contributed by atoms with van der Waals surface area (Å²) in [7, 11) is 0. The molecule has 0 saturated carbocycles. The highest BCUT2D eigenvalue weighted by molar-refractivity contribution is 8.26. The van der Waals surface area contributed by atoms with Gasteiger partial charge in [0.1, 0.15) is 10.9 Å². The number of thioether (sulfide) groups is 1. The maximum absolute atomic E-state index is 12.1. The van der Waals surface area contributed by atoms with Crippen LogP contribution < -0.4 is 5.32 Å². The van der Waals surface area contributed by atoms with E-state index in [0.29, 0.717) is 10.6 Å². The second kappa shape index (κ2) is 6.71. The van der Waals surface area contributed by atoms with Gasteiger partial charge in [-0.1, -0.05) is 36.1 Å². The number of carbonyl (C=O) groups excluding carboxylic acids is 2. The Kier molecular flexibility index (Phi) is 4.94. The van der Waals surface area contributed by atoms with E-state index in [1.165, 1.54) is 6.92 Å². The van der Waals surface area contributed by atoms with Crippen LogP contribution in [0.4, 0.5) is 5.69 Å². The van der Waals surface area contributed by atoms with E-state index in [1.807, 2.05) is 0 Å². The van der Waals surface area contributed by atoms with Crippen LogP contribution in [0.25, 0.3) is 6.08 Å². The fourth-order valence-electron chi connectivity index (χ4n) is 1.79. The van der Waals surface area contributed by atoms with Crippen molar-refractivity contribution in [2.24, 2.45) is 0 Å². The first-order chi connectivity index (χ1) is 10.4. The highest BCUT2D eigenvalue weighted by Gasteiger charge is 2.33. The summed E-state index contributed by atoms with van der Waals surface area (Å²) >= 11 is 6.08. The summed E-state index contributed by atoms with van der Waals surface area (Å²) in [5.74, 6) is -1.69. The molecule has 1 aliphatic heterocycles. The minimum Gasteiger partial charge on any atom is -0.480 e. The molecule has 22 heavy (non-hydrogen) atoms. The molecule has 0 unspecified atom stereocenters. The molecule has 0 spiro atoms. The smallest absolute Gasteiger partial charge is 0.323 e. The van der Waals surface area contributed by atoms with E-state index in [1.54, 1.807) is 30.3 Å². The van der Waals surface area contributed by atoms with Crippen LogP contribution in [-0.2, 0) is 14.4 Å². The standard InChI is InChI=1S/C14H12N2O4S2/c1-8(17)15-10-4-2-9(3-5-10)6-11-13(20)16(7-12(18)19)14(21)22-11/h2-6H,7H2,1H3,(H,15,17)(H,18,19)/b11-6-. The van der Waals surface area contributed by atoms with Gasteiger partial charge in [-0.2, -0.15) is 0 Å². The first kappa shape index (κ1) is 16.2. The molecule has 1 heterocycles. The first-order valence-corrected chi connectivity index (χ1v) is 7.44.